The fraction of sp³-hybridized carbons (Fsp3) is 0.406. The Hall–Kier alpha value is -4.67. The largest absolute Gasteiger partial charge is 0.496 e. The number of methoxy groups -OCH3 is 1. The van der Waals surface area contributed by atoms with E-state index in [1.165, 1.54) is 7.11 Å². The minimum Gasteiger partial charge on any atom is -0.496 e. The standard InChI is InChI=1S/C32H39N5O6/c1-7-24(27-34-28-26(21(2)35-43-28)30(39)37(27)20-22-14-9-8-10-15-22)36(19-13-18-33-31(40)42-32(3,4)5)29(38)23-16-11-12-17-25(23)41-6/h8-12,14-17,24H,7,13,18-20H2,1-6H3,(H,33,40). The zero-order valence-corrected chi connectivity index (χ0v) is 25.5. The molecule has 0 aliphatic carbocycles. The fourth-order valence-corrected chi connectivity index (χ4v) is 4.93. The van der Waals surface area contributed by atoms with E-state index in [4.69, 9.17) is 19.0 Å². The topological polar surface area (TPSA) is 129 Å². The third-order valence-electron chi connectivity index (χ3n) is 6.88. The van der Waals surface area contributed by atoms with Crippen molar-refractivity contribution in [3.8, 4) is 5.75 Å². The number of aryl methyl sites for hydroxylation is 1. The summed E-state index contributed by atoms with van der Waals surface area (Å²) in [5, 5.41) is 7.04. The van der Waals surface area contributed by atoms with Crippen molar-refractivity contribution >= 4 is 23.1 Å². The molecule has 0 fully saturated rings. The number of ether oxygens (including phenoxy) is 2. The van der Waals surface area contributed by atoms with Gasteiger partial charge in [0.1, 0.15) is 22.6 Å². The maximum Gasteiger partial charge on any atom is 0.407 e. The minimum absolute atomic E-state index is 0.122. The van der Waals surface area contributed by atoms with Gasteiger partial charge in [-0.15, -0.1) is 0 Å². The molecular weight excluding hydrogens is 550 g/mol. The van der Waals surface area contributed by atoms with Gasteiger partial charge in [0.05, 0.1) is 31.0 Å². The van der Waals surface area contributed by atoms with Gasteiger partial charge in [0, 0.05) is 13.1 Å². The summed E-state index contributed by atoms with van der Waals surface area (Å²) in [7, 11) is 1.51. The van der Waals surface area contributed by atoms with E-state index in [-0.39, 0.29) is 36.8 Å². The van der Waals surface area contributed by atoms with Crippen LogP contribution in [0, 0.1) is 6.92 Å². The molecular formula is C32H39N5O6. The summed E-state index contributed by atoms with van der Waals surface area (Å²) in [6.45, 7) is 9.78. The first-order valence-corrected chi connectivity index (χ1v) is 14.4. The summed E-state index contributed by atoms with van der Waals surface area (Å²) >= 11 is 0. The van der Waals surface area contributed by atoms with Gasteiger partial charge in [0.15, 0.2) is 0 Å². The van der Waals surface area contributed by atoms with Gasteiger partial charge < -0.3 is 24.2 Å². The number of nitrogens with one attached hydrogen (secondary N) is 1. The van der Waals surface area contributed by atoms with Crippen LogP contribution in [0.2, 0.25) is 0 Å². The van der Waals surface area contributed by atoms with Gasteiger partial charge in [-0.3, -0.25) is 14.2 Å². The van der Waals surface area contributed by atoms with Crippen molar-refractivity contribution in [1.29, 1.82) is 0 Å². The average Bonchev–Trinajstić information content (AvgIpc) is 3.35. The molecule has 2 heterocycles. The molecule has 43 heavy (non-hydrogen) atoms. The van der Waals surface area contributed by atoms with E-state index < -0.39 is 17.7 Å². The molecule has 11 heteroatoms. The van der Waals surface area contributed by atoms with Crippen molar-refractivity contribution in [2.45, 2.75) is 65.6 Å². The molecule has 1 unspecified atom stereocenters. The molecule has 0 aliphatic heterocycles. The van der Waals surface area contributed by atoms with Gasteiger partial charge in [0.25, 0.3) is 17.2 Å². The second-order valence-electron chi connectivity index (χ2n) is 11.2. The number of amides is 2. The number of benzene rings is 2. The van der Waals surface area contributed by atoms with Gasteiger partial charge >= 0.3 is 6.09 Å². The summed E-state index contributed by atoms with van der Waals surface area (Å²) in [6, 6.07) is 16.0. The fourth-order valence-electron chi connectivity index (χ4n) is 4.93. The number of fused-ring (bicyclic) bond motifs is 1. The van der Waals surface area contributed by atoms with Crippen LogP contribution in [-0.2, 0) is 11.3 Å². The number of carbonyl (C=O) groups is 2. The van der Waals surface area contributed by atoms with Crippen molar-refractivity contribution in [2.24, 2.45) is 0 Å². The molecule has 0 saturated carbocycles. The monoisotopic (exact) mass is 589 g/mol. The van der Waals surface area contributed by atoms with Crippen LogP contribution in [0.1, 0.15) is 74.0 Å². The number of carbonyl (C=O) groups excluding carboxylic acids is 2. The van der Waals surface area contributed by atoms with Crippen LogP contribution in [0.3, 0.4) is 0 Å². The molecule has 0 radical (unpaired) electrons. The normalized spacial score (nSPS) is 12.1. The minimum atomic E-state index is -0.630. The summed E-state index contributed by atoms with van der Waals surface area (Å²) in [5.41, 5.74) is 0.921. The van der Waals surface area contributed by atoms with Crippen molar-refractivity contribution in [2.75, 3.05) is 20.2 Å². The lowest BCUT2D eigenvalue weighted by molar-refractivity contribution is 0.0523. The van der Waals surface area contributed by atoms with E-state index in [0.717, 1.165) is 5.56 Å². The molecule has 2 aromatic heterocycles. The quantitative estimate of drug-likeness (QED) is 0.235. The van der Waals surface area contributed by atoms with Crippen molar-refractivity contribution in [1.82, 2.24) is 24.9 Å². The molecule has 0 spiro atoms. The number of aromatic nitrogens is 3. The molecule has 0 saturated heterocycles. The third-order valence-corrected chi connectivity index (χ3v) is 6.88. The second kappa shape index (κ2) is 13.5. The highest BCUT2D eigenvalue weighted by Gasteiger charge is 2.31. The van der Waals surface area contributed by atoms with Crippen LogP contribution >= 0.6 is 0 Å². The highest BCUT2D eigenvalue weighted by molar-refractivity contribution is 5.97. The molecule has 4 rings (SSSR count). The highest BCUT2D eigenvalue weighted by Crippen LogP contribution is 2.29. The Bertz CT molecular complexity index is 1620. The van der Waals surface area contributed by atoms with E-state index in [2.05, 4.69) is 10.5 Å². The van der Waals surface area contributed by atoms with E-state index in [9.17, 15) is 14.4 Å². The molecule has 2 amide bonds. The van der Waals surface area contributed by atoms with Crippen molar-refractivity contribution < 1.29 is 23.6 Å². The van der Waals surface area contributed by atoms with Crippen molar-refractivity contribution in [3.05, 3.63) is 87.6 Å². The van der Waals surface area contributed by atoms with Crippen LogP contribution in [0.5, 0.6) is 5.75 Å². The molecule has 4 aromatic rings. The van der Waals surface area contributed by atoms with E-state index in [0.29, 0.717) is 41.1 Å². The molecule has 0 aliphatic rings. The SMILES string of the molecule is CCC(c1nc2onc(C)c2c(=O)n1Cc1ccccc1)N(CCCNC(=O)OC(C)(C)C)C(=O)c1ccccc1OC. The predicted octanol–water partition coefficient (Wildman–Crippen LogP) is 5.26. The summed E-state index contributed by atoms with van der Waals surface area (Å²) in [5.74, 6) is 0.509. The molecule has 2 aromatic carbocycles. The van der Waals surface area contributed by atoms with E-state index in [1.54, 1.807) is 61.4 Å². The van der Waals surface area contributed by atoms with Crippen LogP contribution in [-0.4, -0.2) is 57.4 Å². The number of hydrogen-bond acceptors (Lipinski definition) is 8. The first-order valence-electron chi connectivity index (χ1n) is 14.4. The Balaban J connectivity index is 1.76. The van der Waals surface area contributed by atoms with Crippen LogP contribution in [0.4, 0.5) is 4.79 Å². The number of para-hydroxylation sites is 1. The Morgan fingerprint density at radius 3 is 2.47 bits per heavy atom. The number of hydrogen-bond donors (Lipinski definition) is 1. The average molecular weight is 590 g/mol. The Kier molecular flexibility index (Phi) is 9.84. The van der Waals surface area contributed by atoms with Gasteiger partial charge in [-0.05, 0) is 58.2 Å². The zero-order valence-electron chi connectivity index (χ0n) is 25.5. The molecule has 228 valence electrons. The van der Waals surface area contributed by atoms with Gasteiger partial charge in [0.2, 0.25) is 0 Å². The summed E-state index contributed by atoms with van der Waals surface area (Å²) in [6.07, 6.45) is 0.329. The maximum atomic E-state index is 14.2. The van der Waals surface area contributed by atoms with Gasteiger partial charge in [-0.25, -0.2) is 4.79 Å². The first-order chi connectivity index (χ1) is 20.5. The van der Waals surface area contributed by atoms with E-state index in [1.807, 2.05) is 37.3 Å². The number of nitrogens with zero attached hydrogens (tertiary/aromatic N) is 4. The highest BCUT2D eigenvalue weighted by atomic mass is 16.6. The lowest BCUT2D eigenvalue weighted by Crippen LogP contribution is -2.41. The molecule has 11 nitrogen and oxygen atoms in total. The van der Waals surface area contributed by atoms with Crippen LogP contribution in [0.25, 0.3) is 11.1 Å². The predicted molar refractivity (Wildman–Crippen MR) is 162 cm³/mol. The molecule has 1 N–H and O–H groups in total. The Labute approximate surface area is 250 Å². The first kappa shape index (κ1) is 31.3. The lowest BCUT2D eigenvalue weighted by Gasteiger charge is -2.32. The smallest absolute Gasteiger partial charge is 0.407 e. The molecule has 1 atom stereocenters. The number of alkyl carbamates (subject to hydrolysis) is 1. The Morgan fingerprint density at radius 2 is 1.79 bits per heavy atom. The van der Waals surface area contributed by atoms with Crippen LogP contribution < -0.4 is 15.6 Å². The second-order valence-corrected chi connectivity index (χ2v) is 11.2. The summed E-state index contributed by atoms with van der Waals surface area (Å²) < 4.78 is 17.9. The van der Waals surface area contributed by atoms with E-state index >= 15 is 0 Å². The third kappa shape index (κ3) is 7.40. The zero-order chi connectivity index (χ0) is 31.1. The van der Waals surface area contributed by atoms with Crippen LogP contribution in [0.15, 0.2) is 63.9 Å². The van der Waals surface area contributed by atoms with Crippen molar-refractivity contribution in [3.63, 3.8) is 0 Å². The summed E-state index contributed by atoms with van der Waals surface area (Å²) in [4.78, 5) is 46.8. The van der Waals surface area contributed by atoms with Gasteiger partial charge in [-0.2, -0.15) is 4.98 Å². The lowest BCUT2D eigenvalue weighted by atomic mass is 10.1. The van der Waals surface area contributed by atoms with Gasteiger partial charge in [-0.1, -0.05) is 54.5 Å². The Morgan fingerprint density at radius 1 is 1.09 bits per heavy atom. The molecule has 0 bridgehead atoms. The number of rotatable bonds is 11. The maximum absolute atomic E-state index is 14.2.